The van der Waals surface area contributed by atoms with Crippen LogP contribution in [0, 0.1) is 0 Å². The Morgan fingerprint density at radius 2 is 1.64 bits per heavy atom. The van der Waals surface area contributed by atoms with Gasteiger partial charge in [0.2, 0.25) is 0 Å². The van der Waals surface area contributed by atoms with Crippen molar-refractivity contribution in [3.8, 4) is 23.0 Å². The summed E-state index contributed by atoms with van der Waals surface area (Å²) in [6, 6.07) is 10.2. The third kappa shape index (κ3) is 6.54. The lowest BCUT2D eigenvalue weighted by atomic mass is 9.95. The number of hydrogen-bond donors (Lipinski definition) is 0. The van der Waals surface area contributed by atoms with E-state index in [0.717, 1.165) is 5.56 Å². The summed E-state index contributed by atoms with van der Waals surface area (Å²) in [5.41, 5.74) is 1.95. The van der Waals surface area contributed by atoms with Crippen LogP contribution in [0.15, 0.2) is 57.5 Å². The van der Waals surface area contributed by atoms with E-state index < -0.39 is 12.0 Å². The lowest BCUT2D eigenvalue weighted by molar-refractivity contribution is -0.139. The van der Waals surface area contributed by atoms with Gasteiger partial charge >= 0.3 is 5.97 Å². The number of carbonyl (C=O) groups is 1. The standard InChI is InChI=1S/C32H38N2O7S/c1-9-38-26-15-21(11-13-24(26)41-19(5)6)16-27-30(35)34-29(22-12-14-23(40-18(3)4)25(17-22)37-8)28(31(36)39-10-2)20(7)33-32(34)42-27/h11-19,29H,9-10H2,1-8H3. The van der Waals surface area contributed by atoms with Gasteiger partial charge in [-0.1, -0.05) is 23.5 Å². The Morgan fingerprint density at radius 3 is 2.26 bits per heavy atom. The average Bonchev–Trinajstić information content (AvgIpc) is 3.23. The molecule has 3 aromatic rings. The van der Waals surface area contributed by atoms with Gasteiger partial charge in [0.05, 0.1) is 54.4 Å². The van der Waals surface area contributed by atoms with Crippen molar-refractivity contribution in [2.45, 2.75) is 66.7 Å². The van der Waals surface area contributed by atoms with Gasteiger partial charge in [0.25, 0.3) is 5.56 Å². The normalized spacial score (nSPS) is 15.0. The van der Waals surface area contributed by atoms with Crippen LogP contribution in [0.5, 0.6) is 23.0 Å². The van der Waals surface area contributed by atoms with Crippen molar-refractivity contribution in [2.24, 2.45) is 4.99 Å². The maximum Gasteiger partial charge on any atom is 0.338 e. The van der Waals surface area contributed by atoms with Crippen LogP contribution in [0.3, 0.4) is 0 Å². The maximum absolute atomic E-state index is 14.0. The van der Waals surface area contributed by atoms with Gasteiger partial charge in [0, 0.05) is 0 Å². The molecule has 4 rings (SSSR count). The van der Waals surface area contributed by atoms with Crippen LogP contribution < -0.4 is 33.8 Å². The third-order valence-corrected chi connectivity index (χ3v) is 7.29. The highest BCUT2D eigenvalue weighted by Gasteiger charge is 2.34. The topological polar surface area (TPSA) is 97.6 Å². The number of hydrogen-bond acceptors (Lipinski definition) is 9. The van der Waals surface area contributed by atoms with Gasteiger partial charge in [0.1, 0.15) is 0 Å². The predicted octanol–water partition coefficient (Wildman–Crippen LogP) is 4.78. The van der Waals surface area contributed by atoms with E-state index in [-0.39, 0.29) is 24.4 Å². The summed E-state index contributed by atoms with van der Waals surface area (Å²) >= 11 is 1.26. The fourth-order valence-electron chi connectivity index (χ4n) is 4.70. The number of ether oxygens (including phenoxy) is 5. The molecule has 42 heavy (non-hydrogen) atoms. The molecule has 1 aliphatic heterocycles. The molecular weight excluding hydrogens is 556 g/mol. The highest BCUT2D eigenvalue weighted by atomic mass is 32.1. The second kappa shape index (κ2) is 13.3. The van der Waals surface area contributed by atoms with Gasteiger partial charge in [-0.2, -0.15) is 0 Å². The molecule has 0 saturated carbocycles. The highest BCUT2D eigenvalue weighted by Crippen LogP contribution is 2.36. The van der Waals surface area contributed by atoms with Crippen LogP contribution in [-0.2, 0) is 9.53 Å². The second-order valence-electron chi connectivity index (χ2n) is 10.2. The Balaban J connectivity index is 1.90. The molecule has 0 aliphatic carbocycles. The fourth-order valence-corrected chi connectivity index (χ4v) is 5.74. The van der Waals surface area contributed by atoms with Crippen LogP contribution in [-0.4, -0.2) is 43.1 Å². The number of methoxy groups -OCH3 is 1. The predicted molar refractivity (Wildman–Crippen MR) is 163 cm³/mol. The summed E-state index contributed by atoms with van der Waals surface area (Å²) in [6.07, 6.45) is 1.72. The van der Waals surface area contributed by atoms with E-state index in [0.29, 0.717) is 55.8 Å². The summed E-state index contributed by atoms with van der Waals surface area (Å²) in [5.74, 6) is 1.77. The van der Waals surface area contributed by atoms with Crippen LogP contribution in [0.2, 0.25) is 0 Å². The van der Waals surface area contributed by atoms with Crippen molar-refractivity contribution in [3.63, 3.8) is 0 Å². The van der Waals surface area contributed by atoms with E-state index in [9.17, 15) is 9.59 Å². The number of aromatic nitrogens is 1. The molecule has 0 spiro atoms. The van der Waals surface area contributed by atoms with Crippen molar-refractivity contribution in [1.82, 2.24) is 4.57 Å². The summed E-state index contributed by atoms with van der Waals surface area (Å²) < 4.78 is 30.6. The van der Waals surface area contributed by atoms with E-state index in [4.69, 9.17) is 23.7 Å². The zero-order chi connectivity index (χ0) is 30.6. The van der Waals surface area contributed by atoms with E-state index in [2.05, 4.69) is 4.99 Å². The van der Waals surface area contributed by atoms with E-state index in [1.807, 2.05) is 58.9 Å². The zero-order valence-electron chi connectivity index (χ0n) is 25.3. The molecule has 10 heteroatoms. The van der Waals surface area contributed by atoms with Crippen molar-refractivity contribution >= 4 is 23.4 Å². The van der Waals surface area contributed by atoms with Crippen LogP contribution in [0.1, 0.15) is 65.6 Å². The molecule has 0 N–H and O–H groups in total. The molecule has 1 atom stereocenters. The number of fused-ring (bicyclic) bond motifs is 1. The van der Waals surface area contributed by atoms with E-state index >= 15 is 0 Å². The smallest absolute Gasteiger partial charge is 0.338 e. The molecule has 0 saturated heterocycles. The summed E-state index contributed by atoms with van der Waals surface area (Å²) in [6.45, 7) is 13.8. The van der Waals surface area contributed by atoms with Gasteiger partial charge in [-0.3, -0.25) is 9.36 Å². The van der Waals surface area contributed by atoms with E-state index in [1.54, 1.807) is 43.7 Å². The second-order valence-corrected chi connectivity index (χ2v) is 11.2. The number of nitrogens with zero attached hydrogens (tertiary/aromatic N) is 2. The molecule has 9 nitrogen and oxygen atoms in total. The minimum absolute atomic E-state index is 0.0137. The summed E-state index contributed by atoms with van der Waals surface area (Å²) in [7, 11) is 1.55. The number of allylic oxidation sites excluding steroid dienone is 1. The van der Waals surface area contributed by atoms with Gasteiger partial charge in [-0.15, -0.1) is 0 Å². The molecule has 2 aromatic carbocycles. The molecule has 0 bridgehead atoms. The molecule has 0 amide bonds. The Hall–Kier alpha value is -4.05. The van der Waals surface area contributed by atoms with Crippen molar-refractivity contribution in [3.05, 3.63) is 78.5 Å². The third-order valence-electron chi connectivity index (χ3n) is 6.31. The highest BCUT2D eigenvalue weighted by molar-refractivity contribution is 7.07. The first-order valence-corrected chi connectivity index (χ1v) is 14.9. The maximum atomic E-state index is 14.0. The number of benzene rings is 2. The van der Waals surface area contributed by atoms with E-state index in [1.165, 1.54) is 11.3 Å². The Labute approximate surface area is 249 Å². The first-order valence-electron chi connectivity index (χ1n) is 14.1. The fraction of sp³-hybridized carbons (Fsp3) is 0.406. The minimum atomic E-state index is -0.773. The lowest BCUT2D eigenvalue weighted by Crippen LogP contribution is -2.40. The number of carbonyl (C=O) groups excluding carboxylic acids is 1. The Morgan fingerprint density at radius 1 is 0.976 bits per heavy atom. The SMILES string of the molecule is CCOC(=O)C1=C(C)N=c2sc(=Cc3ccc(OC(C)C)c(OCC)c3)c(=O)n2C1c1ccc(OC(C)C)c(OC)c1. The lowest BCUT2D eigenvalue weighted by Gasteiger charge is -2.25. The first kappa shape index (κ1) is 30.9. The largest absolute Gasteiger partial charge is 0.493 e. The zero-order valence-corrected chi connectivity index (χ0v) is 26.2. The molecule has 224 valence electrons. The Kier molecular flexibility index (Phi) is 9.78. The van der Waals surface area contributed by atoms with Gasteiger partial charge in [-0.25, -0.2) is 9.79 Å². The molecular formula is C32H38N2O7S. The van der Waals surface area contributed by atoms with Crippen LogP contribution in [0.25, 0.3) is 6.08 Å². The molecule has 0 radical (unpaired) electrons. The van der Waals surface area contributed by atoms with Gasteiger partial charge in [-0.05, 0) is 89.9 Å². The quantitative estimate of drug-likeness (QED) is 0.295. The van der Waals surface area contributed by atoms with Gasteiger partial charge < -0.3 is 23.7 Å². The number of esters is 1. The van der Waals surface area contributed by atoms with Crippen LogP contribution in [0.4, 0.5) is 0 Å². The summed E-state index contributed by atoms with van der Waals surface area (Å²) in [5, 5.41) is 0. The average molecular weight is 595 g/mol. The number of rotatable bonds is 11. The monoisotopic (exact) mass is 594 g/mol. The van der Waals surface area contributed by atoms with Crippen molar-refractivity contribution < 1.29 is 28.5 Å². The number of thiazole rings is 1. The minimum Gasteiger partial charge on any atom is -0.493 e. The van der Waals surface area contributed by atoms with Gasteiger partial charge in [0.15, 0.2) is 27.8 Å². The summed E-state index contributed by atoms with van der Waals surface area (Å²) in [4.78, 5) is 32.4. The molecule has 2 heterocycles. The molecule has 1 aromatic heterocycles. The molecule has 1 unspecified atom stereocenters. The first-order chi connectivity index (χ1) is 20.1. The van der Waals surface area contributed by atoms with Crippen LogP contribution >= 0.6 is 11.3 Å². The molecule has 0 fully saturated rings. The molecule has 1 aliphatic rings. The Bertz CT molecular complexity index is 1670. The van der Waals surface area contributed by atoms with Crippen molar-refractivity contribution in [1.29, 1.82) is 0 Å². The van der Waals surface area contributed by atoms with Crippen molar-refractivity contribution in [2.75, 3.05) is 20.3 Å².